The van der Waals surface area contributed by atoms with Crippen LogP contribution in [0.25, 0.3) is 22.2 Å². The maximum atomic E-state index is 14.0. The monoisotopic (exact) mass is 337 g/mol. The van der Waals surface area contributed by atoms with Crippen molar-refractivity contribution in [3.63, 3.8) is 0 Å². The predicted molar refractivity (Wildman–Crippen MR) is 88.1 cm³/mol. The standard InChI is InChI=1S/C18H13F2N5/c19-13-4-3-12-11(5-6-21-15(12)14(13)20)9-25-17(10-1-2-10)24-16-18(25)23-8-7-22-16/h3-8,10H,1-2,9H2. The largest absolute Gasteiger partial charge is 0.307 e. The molecule has 0 saturated heterocycles. The summed E-state index contributed by atoms with van der Waals surface area (Å²) >= 11 is 0. The molecule has 0 bridgehead atoms. The van der Waals surface area contributed by atoms with Gasteiger partial charge in [-0.1, -0.05) is 0 Å². The molecule has 5 rings (SSSR count). The molecule has 1 aromatic carbocycles. The Bertz CT molecular complexity index is 1120. The van der Waals surface area contributed by atoms with E-state index in [9.17, 15) is 8.78 Å². The lowest BCUT2D eigenvalue weighted by atomic mass is 10.1. The van der Waals surface area contributed by atoms with E-state index in [4.69, 9.17) is 0 Å². The molecule has 0 N–H and O–H groups in total. The molecule has 5 nitrogen and oxygen atoms in total. The lowest BCUT2D eigenvalue weighted by Gasteiger charge is -2.11. The Morgan fingerprint density at radius 2 is 1.84 bits per heavy atom. The van der Waals surface area contributed by atoms with Gasteiger partial charge in [-0.2, -0.15) is 0 Å². The van der Waals surface area contributed by atoms with Crippen LogP contribution < -0.4 is 0 Å². The Balaban J connectivity index is 1.70. The van der Waals surface area contributed by atoms with Gasteiger partial charge in [0.15, 0.2) is 22.9 Å². The van der Waals surface area contributed by atoms with Crippen molar-refractivity contribution in [3.05, 3.63) is 59.8 Å². The summed E-state index contributed by atoms with van der Waals surface area (Å²) in [7, 11) is 0. The number of benzene rings is 1. The average molecular weight is 337 g/mol. The van der Waals surface area contributed by atoms with E-state index in [-0.39, 0.29) is 5.52 Å². The number of nitrogens with zero attached hydrogens (tertiary/aromatic N) is 5. The molecule has 3 heterocycles. The smallest absolute Gasteiger partial charge is 0.197 e. The van der Waals surface area contributed by atoms with Crippen LogP contribution in [-0.2, 0) is 6.54 Å². The summed E-state index contributed by atoms with van der Waals surface area (Å²) in [6.45, 7) is 0.463. The summed E-state index contributed by atoms with van der Waals surface area (Å²) in [5.74, 6) is -0.446. The van der Waals surface area contributed by atoms with Crippen molar-refractivity contribution in [2.45, 2.75) is 25.3 Å². The molecular formula is C18H13F2N5. The zero-order valence-electron chi connectivity index (χ0n) is 13.2. The van der Waals surface area contributed by atoms with Gasteiger partial charge in [-0.05, 0) is 36.6 Å². The van der Waals surface area contributed by atoms with E-state index in [0.29, 0.717) is 29.1 Å². The number of halogens is 2. The van der Waals surface area contributed by atoms with E-state index < -0.39 is 11.6 Å². The second kappa shape index (κ2) is 5.27. The summed E-state index contributed by atoms with van der Waals surface area (Å²) in [5.41, 5.74) is 2.20. The Kier molecular flexibility index (Phi) is 3.03. The van der Waals surface area contributed by atoms with E-state index in [0.717, 1.165) is 30.3 Å². The van der Waals surface area contributed by atoms with Gasteiger partial charge in [0.2, 0.25) is 0 Å². The molecule has 1 aliphatic rings. The van der Waals surface area contributed by atoms with Gasteiger partial charge in [-0.15, -0.1) is 0 Å². The highest BCUT2D eigenvalue weighted by Gasteiger charge is 2.30. The number of hydrogen-bond acceptors (Lipinski definition) is 4. The van der Waals surface area contributed by atoms with Crippen molar-refractivity contribution in [1.29, 1.82) is 0 Å². The summed E-state index contributed by atoms with van der Waals surface area (Å²) in [6, 6.07) is 4.52. The number of rotatable bonds is 3. The second-order valence-corrected chi connectivity index (χ2v) is 6.26. The quantitative estimate of drug-likeness (QED) is 0.573. The molecule has 1 fully saturated rings. The van der Waals surface area contributed by atoms with E-state index >= 15 is 0 Å². The molecule has 0 amide bonds. The third kappa shape index (κ3) is 2.26. The van der Waals surface area contributed by atoms with Crippen molar-refractivity contribution in [1.82, 2.24) is 24.5 Å². The highest BCUT2D eigenvalue weighted by molar-refractivity contribution is 5.82. The normalized spacial score (nSPS) is 14.5. The maximum absolute atomic E-state index is 14.0. The molecule has 0 unspecified atom stereocenters. The Morgan fingerprint density at radius 1 is 1.00 bits per heavy atom. The summed E-state index contributed by atoms with van der Waals surface area (Å²) in [4.78, 5) is 17.3. The van der Waals surface area contributed by atoms with Gasteiger partial charge < -0.3 is 4.57 Å². The molecule has 1 aliphatic carbocycles. The van der Waals surface area contributed by atoms with E-state index in [2.05, 4.69) is 19.9 Å². The number of aromatic nitrogens is 5. The van der Waals surface area contributed by atoms with Crippen LogP contribution in [0.1, 0.15) is 30.1 Å². The molecular weight excluding hydrogens is 324 g/mol. The Morgan fingerprint density at radius 3 is 2.68 bits per heavy atom. The lowest BCUT2D eigenvalue weighted by Crippen LogP contribution is -2.06. The van der Waals surface area contributed by atoms with E-state index in [1.54, 1.807) is 18.5 Å². The van der Waals surface area contributed by atoms with Crippen molar-refractivity contribution in [2.75, 3.05) is 0 Å². The topological polar surface area (TPSA) is 56.5 Å². The Labute approximate surface area is 141 Å². The Hall–Kier alpha value is -2.96. The van der Waals surface area contributed by atoms with Crippen LogP contribution in [0.2, 0.25) is 0 Å². The summed E-state index contributed by atoms with van der Waals surface area (Å²) in [5, 5.41) is 0.592. The first-order valence-corrected chi connectivity index (χ1v) is 8.11. The molecule has 0 spiro atoms. The molecule has 1 saturated carbocycles. The van der Waals surface area contributed by atoms with Crippen molar-refractivity contribution >= 4 is 22.2 Å². The first-order chi connectivity index (χ1) is 12.2. The van der Waals surface area contributed by atoms with Crippen LogP contribution in [0.3, 0.4) is 0 Å². The first-order valence-electron chi connectivity index (χ1n) is 8.11. The van der Waals surface area contributed by atoms with E-state index in [1.807, 2.05) is 10.6 Å². The number of pyridine rings is 1. The SMILES string of the molecule is Fc1ccc2c(Cn3c(C4CC4)nc4nccnc43)ccnc2c1F. The van der Waals surface area contributed by atoms with Crippen LogP contribution in [0.5, 0.6) is 0 Å². The van der Waals surface area contributed by atoms with Crippen LogP contribution >= 0.6 is 0 Å². The minimum absolute atomic E-state index is 0.0426. The van der Waals surface area contributed by atoms with Crippen LogP contribution in [0, 0.1) is 11.6 Å². The van der Waals surface area contributed by atoms with Crippen molar-refractivity contribution in [2.24, 2.45) is 0 Å². The molecule has 0 aliphatic heterocycles. The van der Waals surface area contributed by atoms with Crippen LogP contribution in [0.15, 0.2) is 36.8 Å². The van der Waals surface area contributed by atoms with E-state index in [1.165, 1.54) is 6.20 Å². The molecule has 124 valence electrons. The third-order valence-electron chi connectivity index (χ3n) is 4.58. The van der Waals surface area contributed by atoms with Crippen molar-refractivity contribution in [3.8, 4) is 0 Å². The molecule has 0 atom stereocenters. The minimum atomic E-state index is -0.919. The summed E-state index contributed by atoms with van der Waals surface area (Å²) < 4.78 is 29.6. The fourth-order valence-electron chi connectivity index (χ4n) is 3.20. The second-order valence-electron chi connectivity index (χ2n) is 6.26. The van der Waals surface area contributed by atoms with Crippen molar-refractivity contribution < 1.29 is 8.78 Å². The average Bonchev–Trinajstić information content (AvgIpc) is 3.41. The zero-order chi connectivity index (χ0) is 17.0. The molecule has 4 aromatic rings. The highest BCUT2D eigenvalue weighted by Crippen LogP contribution is 2.40. The summed E-state index contributed by atoms with van der Waals surface area (Å²) in [6.07, 6.45) is 6.95. The van der Waals surface area contributed by atoms with Gasteiger partial charge in [-0.3, -0.25) is 4.98 Å². The maximum Gasteiger partial charge on any atom is 0.197 e. The fourth-order valence-corrected chi connectivity index (χ4v) is 3.20. The van der Waals surface area contributed by atoms with Gasteiger partial charge in [0, 0.05) is 29.9 Å². The van der Waals surface area contributed by atoms with Crippen LogP contribution in [0.4, 0.5) is 8.78 Å². The zero-order valence-corrected chi connectivity index (χ0v) is 13.2. The number of fused-ring (bicyclic) bond motifs is 2. The highest BCUT2D eigenvalue weighted by atomic mass is 19.2. The minimum Gasteiger partial charge on any atom is -0.307 e. The predicted octanol–water partition coefficient (Wildman–Crippen LogP) is 3.58. The fraction of sp³-hybridized carbons (Fsp3) is 0.222. The lowest BCUT2D eigenvalue weighted by molar-refractivity contribution is 0.515. The van der Waals surface area contributed by atoms with Crippen LogP contribution in [-0.4, -0.2) is 24.5 Å². The molecule has 3 aromatic heterocycles. The molecule has 0 radical (unpaired) electrons. The van der Waals surface area contributed by atoms with Gasteiger partial charge in [0.1, 0.15) is 11.3 Å². The number of imidazole rings is 1. The van der Waals surface area contributed by atoms with Gasteiger partial charge >= 0.3 is 0 Å². The number of hydrogen-bond donors (Lipinski definition) is 0. The van der Waals surface area contributed by atoms with Gasteiger partial charge in [0.25, 0.3) is 0 Å². The van der Waals surface area contributed by atoms with Gasteiger partial charge in [0.05, 0.1) is 6.54 Å². The first kappa shape index (κ1) is 14.4. The molecule has 25 heavy (non-hydrogen) atoms. The van der Waals surface area contributed by atoms with Gasteiger partial charge in [-0.25, -0.2) is 23.7 Å². The third-order valence-corrected chi connectivity index (χ3v) is 4.58. The molecule has 7 heteroatoms.